The van der Waals surface area contributed by atoms with E-state index in [0.29, 0.717) is 30.0 Å². The van der Waals surface area contributed by atoms with E-state index >= 15 is 0 Å². The number of fused-ring (bicyclic) bond motifs is 1. The van der Waals surface area contributed by atoms with Crippen LogP contribution in [0.3, 0.4) is 0 Å². The molecule has 8 nitrogen and oxygen atoms in total. The van der Waals surface area contributed by atoms with Crippen LogP contribution >= 0.6 is 0 Å². The largest absolute Gasteiger partial charge is 0.335 e. The Morgan fingerprint density at radius 1 is 1.20 bits per heavy atom. The summed E-state index contributed by atoms with van der Waals surface area (Å²) in [6.07, 6.45) is 1.53. The molecule has 0 saturated heterocycles. The molecule has 0 unspecified atom stereocenters. The molecule has 154 valence electrons. The second-order valence-electron chi connectivity index (χ2n) is 7.40. The molecule has 1 atom stereocenters. The molecule has 4 rings (SSSR count). The van der Waals surface area contributed by atoms with Crippen molar-refractivity contribution < 1.29 is 9.59 Å². The predicted molar refractivity (Wildman–Crippen MR) is 114 cm³/mol. The first-order chi connectivity index (χ1) is 14.4. The highest BCUT2D eigenvalue weighted by Gasteiger charge is 2.31. The van der Waals surface area contributed by atoms with Crippen LogP contribution in [0.15, 0.2) is 48.7 Å². The van der Waals surface area contributed by atoms with E-state index in [-0.39, 0.29) is 11.8 Å². The topological polar surface area (TPSA) is 92.2 Å². The number of carbonyl (C=O) groups excluding carboxylic acids is 2. The summed E-state index contributed by atoms with van der Waals surface area (Å²) in [6, 6.07) is 12.9. The van der Waals surface area contributed by atoms with E-state index in [1.54, 1.807) is 18.3 Å². The van der Waals surface area contributed by atoms with Gasteiger partial charge in [0.1, 0.15) is 12.0 Å². The number of nitrogens with zero attached hydrogens (tertiary/aromatic N) is 4. The highest BCUT2D eigenvalue weighted by Crippen LogP contribution is 2.33. The molecule has 0 bridgehead atoms. The zero-order chi connectivity index (χ0) is 21.3. The number of hydrogen-bond donors (Lipinski definition) is 2. The van der Waals surface area contributed by atoms with Crippen LogP contribution in [-0.4, -0.2) is 33.6 Å². The van der Waals surface area contributed by atoms with Gasteiger partial charge in [-0.15, -0.1) is 0 Å². The third kappa shape index (κ3) is 3.76. The molecule has 2 N–H and O–H groups in total. The van der Waals surface area contributed by atoms with Crippen LogP contribution in [0.25, 0.3) is 0 Å². The minimum atomic E-state index is -0.438. The maximum absolute atomic E-state index is 12.6. The van der Waals surface area contributed by atoms with Crippen molar-refractivity contribution in [3.8, 4) is 0 Å². The number of benzene rings is 1. The molecule has 0 radical (unpaired) electrons. The summed E-state index contributed by atoms with van der Waals surface area (Å²) >= 11 is 0. The smallest absolute Gasteiger partial charge is 0.256 e. The first-order valence-corrected chi connectivity index (χ1v) is 9.82. The zero-order valence-corrected chi connectivity index (χ0v) is 17.2. The molecule has 1 aliphatic heterocycles. The van der Waals surface area contributed by atoms with Crippen molar-refractivity contribution in [3.63, 3.8) is 0 Å². The van der Waals surface area contributed by atoms with Gasteiger partial charge in [0.15, 0.2) is 0 Å². The van der Waals surface area contributed by atoms with Crippen LogP contribution in [0.1, 0.15) is 39.9 Å². The summed E-state index contributed by atoms with van der Waals surface area (Å²) in [7, 11) is 1.87. The van der Waals surface area contributed by atoms with E-state index in [2.05, 4.69) is 20.7 Å². The fourth-order valence-electron chi connectivity index (χ4n) is 3.73. The highest BCUT2D eigenvalue weighted by atomic mass is 16.2. The number of amides is 2. The second-order valence-corrected chi connectivity index (χ2v) is 7.40. The number of anilines is 2. The lowest BCUT2D eigenvalue weighted by molar-refractivity contribution is -0.116. The number of aryl methyl sites for hydroxylation is 3. The standard InChI is InChI=1S/C22H24N6O2/c1-14-13-15(2)28(26-14)12-10-19(29)24-18-9-5-4-7-16(18)21-25-22(30)17-8-6-11-23-20(17)27(21)3/h4-9,11,13,21H,10,12H2,1-3H3,(H,24,29)(H,25,30)/t21-/m0/s1. The summed E-state index contributed by atoms with van der Waals surface area (Å²) in [4.78, 5) is 31.4. The molecule has 30 heavy (non-hydrogen) atoms. The molecule has 3 aromatic rings. The van der Waals surface area contributed by atoms with E-state index in [9.17, 15) is 9.59 Å². The molecule has 0 spiro atoms. The number of hydrogen-bond acceptors (Lipinski definition) is 5. The molecule has 1 aromatic carbocycles. The number of pyridine rings is 1. The van der Waals surface area contributed by atoms with Crippen LogP contribution < -0.4 is 15.5 Å². The predicted octanol–water partition coefficient (Wildman–Crippen LogP) is 2.80. The molecule has 3 heterocycles. The third-order valence-corrected chi connectivity index (χ3v) is 5.20. The molecule has 1 aliphatic rings. The van der Waals surface area contributed by atoms with E-state index in [1.807, 2.05) is 60.8 Å². The lowest BCUT2D eigenvalue weighted by atomic mass is 10.0. The van der Waals surface area contributed by atoms with E-state index in [1.165, 1.54) is 0 Å². The number of rotatable bonds is 5. The van der Waals surface area contributed by atoms with Crippen molar-refractivity contribution in [3.05, 3.63) is 71.2 Å². The molecule has 0 fully saturated rings. The molecule has 0 aliphatic carbocycles. The molecule has 0 saturated carbocycles. The van der Waals surface area contributed by atoms with Crippen LogP contribution in [0.5, 0.6) is 0 Å². The number of nitrogens with one attached hydrogen (secondary N) is 2. The first-order valence-electron chi connectivity index (χ1n) is 9.82. The summed E-state index contributed by atoms with van der Waals surface area (Å²) in [5.74, 6) is 0.307. The van der Waals surface area contributed by atoms with Crippen molar-refractivity contribution in [2.75, 3.05) is 17.3 Å². The van der Waals surface area contributed by atoms with Crippen LogP contribution in [0, 0.1) is 13.8 Å². The summed E-state index contributed by atoms with van der Waals surface area (Å²) < 4.78 is 1.83. The Hall–Kier alpha value is -3.68. The summed E-state index contributed by atoms with van der Waals surface area (Å²) in [6.45, 7) is 4.41. The van der Waals surface area contributed by atoms with Gasteiger partial charge in [0.25, 0.3) is 5.91 Å². The lowest BCUT2D eigenvalue weighted by Crippen LogP contribution is -2.45. The number of aromatic nitrogens is 3. The van der Waals surface area contributed by atoms with Crippen molar-refractivity contribution in [1.29, 1.82) is 0 Å². The number of para-hydroxylation sites is 1. The van der Waals surface area contributed by atoms with Crippen molar-refractivity contribution in [2.24, 2.45) is 0 Å². The lowest BCUT2D eigenvalue weighted by Gasteiger charge is -2.36. The quantitative estimate of drug-likeness (QED) is 0.682. The first kappa shape index (κ1) is 19.6. The molecular weight excluding hydrogens is 380 g/mol. The van der Waals surface area contributed by atoms with Crippen molar-refractivity contribution in [2.45, 2.75) is 33.0 Å². The monoisotopic (exact) mass is 404 g/mol. The van der Waals surface area contributed by atoms with Gasteiger partial charge < -0.3 is 15.5 Å². The number of carbonyl (C=O) groups is 2. The van der Waals surface area contributed by atoms with Crippen LogP contribution in [0.4, 0.5) is 11.5 Å². The molecule has 2 aromatic heterocycles. The van der Waals surface area contributed by atoms with E-state index in [0.717, 1.165) is 17.0 Å². The van der Waals surface area contributed by atoms with Gasteiger partial charge in [-0.1, -0.05) is 18.2 Å². The second kappa shape index (κ2) is 7.98. The Balaban J connectivity index is 1.52. The SMILES string of the molecule is Cc1cc(C)n(CCC(=O)Nc2ccccc2[C@H]2NC(=O)c3cccnc3N2C)n1. The van der Waals surface area contributed by atoms with Gasteiger partial charge >= 0.3 is 0 Å². The molecular formula is C22H24N6O2. The van der Waals surface area contributed by atoms with Gasteiger partial charge in [0.05, 0.1) is 11.3 Å². The minimum Gasteiger partial charge on any atom is -0.335 e. The van der Waals surface area contributed by atoms with E-state index in [4.69, 9.17) is 0 Å². The Morgan fingerprint density at radius 2 is 2.00 bits per heavy atom. The van der Waals surface area contributed by atoms with Gasteiger partial charge in [0, 0.05) is 43.2 Å². The average Bonchev–Trinajstić information content (AvgIpc) is 3.07. The fraction of sp³-hybridized carbons (Fsp3) is 0.273. The van der Waals surface area contributed by atoms with Crippen LogP contribution in [0.2, 0.25) is 0 Å². The molecule has 2 amide bonds. The van der Waals surface area contributed by atoms with E-state index < -0.39 is 6.17 Å². The van der Waals surface area contributed by atoms with Gasteiger partial charge in [-0.05, 0) is 38.1 Å². The van der Waals surface area contributed by atoms with Crippen molar-refractivity contribution in [1.82, 2.24) is 20.1 Å². The Bertz CT molecular complexity index is 1110. The maximum atomic E-state index is 12.6. The fourth-order valence-corrected chi connectivity index (χ4v) is 3.73. The zero-order valence-electron chi connectivity index (χ0n) is 17.2. The Labute approximate surface area is 174 Å². The van der Waals surface area contributed by atoms with Gasteiger partial charge in [-0.3, -0.25) is 14.3 Å². The Kier molecular flexibility index (Phi) is 5.22. The maximum Gasteiger partial charge on any atom is 0.256 e. The van der Waals surface area contributed by atoms with Gasteiger partial charge in [-0.2, -0.15) is 5.10 Å². The molecule has 8 heteroatoms. The minimum absolute atomic E-state index is 0.113. The van der Waals surface area contributed by atoms with Gasteiger partial charge in [-0.25, -0.2) is 4.98 Å². The van der Waals surface area contributed by atoms with Gasteiger partial charge in [0.2, 0.25) is 5.91 Å². The summed E-state index contributed by atoms with van der Waals surface area (Å²) in [5.41, 5.74) is 3.95. The summed E-state index contributed by atoms with van der Waals surface area (Å²) in [5, 5.41) is 10.4. The third-order valence-electron chi connectivity index (χ3n) is 5.20. The van der Waals surface area contributed by atoms with Crippen molar-refractivity contribution >= 4 is 23.3 Å². The normalized spacial score (nSPS) is 15.5. The highest BCUT2D eigenvalue weighted by molar-refractivity contribution is 6.01. The van der Waals surface area contributed by atoms with Crippen LogP contribution in [-0.2, 0) is 11.3 Å². The Morgan fingerprint density at radius 3 is 2.77 bits per heavy atom. The average molecular weight is 404 g/mol.